The molecule has 3 rings (SSSR count). The van der Waals surface area contributed by atoms with Gasteiger partial charge in [0.25, 0.3) is 0 Å². The summed E-state index contributed by atoms with van der Waals surface area (Å²) in [5, 5.41) is 3.26. The van der Waals surface area contributed by atoms with Gasteiger partial charge in [-0.25, -0.2) is 13.8 Å². The van der Waals surface area contributed by atoms with E-state index in [0.717, 1.165) is 17.8 Å². The third-order valence-electron chi connectivity index (χ3n) is 4.73. The van der Waals surface area contributed by atoms with E-state index in [-0.39, 0.29) is 29.4 Å². The SMILES string of the molecule is CN=C(NCc1ncc(C(C)(C)C)o1)N1CCN(c2cc(F)ccc2F)CC1.I. The Labute approximate surface area is 187 Å². The fourth-order valence-electron chi connectivity index (χ4n) is 3.11. The van der Waals surface area contributed by atoms with Crippen molar-refractivity contribution in [2.24, 2.45) is 4.99 Å². The first-order valence-corrected chi connectivity index (χ1v) is 9.38. The zero-order valence-electron chi connectivity index (χ0n) is 17.2. The molecule has 0 radical (unpaired) electrons. The summed E-state index contributed by atoms with van der Waals surface area (Å²) in [6, 6.07) is 3.54. The van der Waals surface area contributed by atoms with E-state index in [1.54, 1.807) is 13.2 Å². The number of oxazole rings is 1. The van der Waals surface area contributed by atoms with Gasteiger partial charge in [-0.15, -0.1) is 24.0 Å². The zero-order chi connectivity index (χ0) is 20.3. The highest BCUT2D eigenvalue weighted by molar-refractivity contribution is 14.0. The van der Waals surface area contributed by atoms with Crippen LogP contribution in [0, 0.1) is 11.6 Å². The smallest absolute Gasteiger partial charge is 0.213 e. The van der Waals surface area contributed by atoms with Gasteiger partial charge in [-0.1, -0.05) is 20.8 Å². The van der Waals surface area contributed by atoms with E-state index >= 15 is 0 Å². The van der Waals surface area contributed by atoms with E-state index in [1.807, 2.05) is 4.90 Å². The summed E-state index contributed by atoms with van der Waals surface area (Å²) < 4.78 is 33.2. The number of aromatic nitrogens is 1. The van der Waals surface area contributed by atoms with Crippen LogP contribution in [0.1, 0.15) is 32.4 Å². The minimum atomic E-state index is -0.433. The number of benzene rings is 1. The first-order valence-electron chi connectivity index (χ1n) is 9.38. The van der Waals surface area contributed by atoms with Gasteiger partial charge < -0.3 is 19.5 Å². The average molecular weight is 519 g/mol. The molecule has 160 valence electrons. The molecule has 0 atom stereocenters. The Morgan fingerprint density at radius 1 is 1.21 bits per heavy atom. The van der Waals surface area contributed by atoms with Crippen LogP contribution >= 0.6 is 24.0 Å². The monoisotopic (exact) mass is 519 g/mol. The summed E-state index contributed by atoms with van der Waals surface area (Å²) in [4.78, 5) is 12.6. The molecule has 29 heavy (non-hydrogen) atoms. The first-order chi connectivity index (χ1) is 13.3. The van der Waals surface area contributed by atoms with Crippen LogP contribution in [-0.4, -0.2) is 49.1 Å². The van der Waals surface area contributed by atoms with Crippen molar-refractivity contribution in [3.63, 3.8) is 0 Å². The van der Waals surface area contributed by atoms with Crippen molar-refractivity contribution >= 4 is 35.6 Å². The summed E-state index contributed by atoms with van der Waals surface area (Å²) in [6.07, 6.45) is 1.76. The van der Waals surface area contributed by atoms with E-state index in [9.17, 15) is 8.78 Å². The Morgan fingerprint density at radius 3 is 2.48 bits per heavy atom. The van der Waals surface area contributed by atoms with Gasteiger partial charge in [0, 0.05) is 44.7 Å². The Hall–Kier alpha value is -1.91. The summed E-state index contributed by atoms with van der Waals surface area (Å²) in [5.74, 6) is 1.33. The summed E-state index contributed by atoms with van der Waals surface area (Å²) >= 11 is 0. The number of hydrogen-bond donors (Lipinski definition) is 1. The molecule has 1 aromatic heterocycles. The minimum Gasteiger partial charge on any atom is -0.443 e. The lowest BCUT2D eigenvalue weighted by Gasteiger charge is -2.37. The number of guanidine groups is 1. The summed E-state index contributed by atoms with van der Waals surface area (Å²) in [6.45, 7) is 9.10. The molecule has 0 bridgehead atoms. The van der Waals surface area contributed by atoms with Gasteiger partial charge in [0.1, 0.15) is 17.4 Å². The van der Waals surface area contributed by atoms with E-state index in [4.69, 9.17) is 4.42 Å². The molecule has 0 unspecified atom stereocenters. The van der Waals surface area contributed by atoms with Crippen LogP contribution in [-0.2, 0) is 12.0 Å². The van der Waals surface area contributed by atoms with E-state index in [2.05, 4.69) is 41.0 Å². The zero-order valence-corrected chi connectivity index (χ0v) is 19.5. The quantitative estimate of drug-likeness (QED) is 0.380. The number of rotatable bonds is 3. The molecule has 2 heterocycles. The fraction of sp³-hybridized carbons (Fsp3) is 0.500. The number of piperazine rings is 1. The summed E-state index contributed by atoms with van der Waals surface area (Å²) in [7, 11) is 1.72. The van der Waals surface area contributed by atoms with Crippen molar-refractivity contribution in [2.45, 2.75) is 32.7 Å². The largest absolute Gasteiger partial charge is 0.443 e. The highest BCUT2D eigenvalue weighted by atomic mass is 127. The predicted octanol–water partition coefficient (Wildman–Crippen LogP) is 3.77. The van der Waals surface area contributed by atoms with Crippen molar-refractivity contribution in [2.75, 3.05) is 38.1 Å². The lowest BCUT2D eigenvalue weighted by Crippen LogP contribution is -2.52. The molecule has 1 saturated heterocycles. The van der Waals surface area contributed by atoms with E-state index in [0.29, 0.717) is 44.3 Å². The number of anilines is 1. The second kappa shape index (κ2) is 9.73. The van der Waals surface area contributed by atoms with Crippen LogP contribution < -0.4 is 10.2 Å². The van der Waals surface area contributed by atoms with Crippen LogP contribution in [0.4, 0.5) is 14.5 Å². The van der Waals surface area contributed by atoms with Crippen LogP contribution in [0.15, 0.2) is 33.8 Å². The van der Waals surface area contributed by atoms with Gasteiger partial charge in [0.15, 0.2) is 5.96 Å². The molecule has 1 aromatic carbocycles. The van der Waals surface area contributed by atoms with E-state index < -0.39 is 11.6 Å². The molecule has 9 heteroatoms. The van der Waals surface area contributed by atoms with Gasteiger partial charge in [-0.3, -0.25) is 4.99 Å². The maximum absolute atomic E-state index is 14.0. The average Bonchev–Trinajstić information content (AvgIpc) is 3.14. The van der Waals surface area contributed by atoms with Gasteiger partial charge in [0.05, 0.1) is 18.4 Å². The standard InChI is InChI=1S/C20H27F2N5O.HI/c1-20(2,3)17-12-24-18(28-17)13-25-19(23-4)27-9-7-26(8-10-27)16-11-14(21)5-6-15(16)22;/h5-6,11-12H,7-10,13H2,1-4H3,(H,23,25);1H. The highest BCUT2D eigenvalue weighted by Crippen LogP contribution is 2.23. The van der Waals surface area contributed by atoms with Crippen molar-refractivity contribution in [1.29, 1.82) is 0 Å². The second-order valence-electron chi connectivity index (χ2n) is 7.84. The van der Waals surface area contributed by atoms with Gasteiger partial charge in [-0.2, -0.15) is 0 Å². The van der Waals surface area contributed by atoms with Gasteiger partial charge in [-0.05, 0) is 12.1 Å². The molecule has 1 N–H and O–H groups in total. The number of nitrogens with one attached hydrogen (secondary N) is 1. The molecule has 0 amide bonds. The Kier molecular flexibility index (Phi) is 7.84. The Morgan fingerprint density at radius 2 is 1.90 bits per heavy atom. The third kappa shape index (κ3) is 5.80. The van der Waals surface area contributed by atoms with Crippen molar-refractivity contribution in [3.8, 4) is 0 Å². The Bertz CT molecular complexity index is 842. The van der Waals surface area contributed by atoms with Crippen molar-refractivity contribution in [3.05, 3.63) is 47.7 Å². The molecule has 2 aromatic rings. The van der Waals surface area contributed by atoms with Gasteiger partial charge in [0.2, 0.25) is 5.89 Å². The molecule has 6 nitrogen and oxygen atoms in total. The maximum Gasteiger partial charge on any atom is 0.213 e. The molecular formula is C20H28F2IN5O. The van der Waals surface area contributed by atoms with E-state index in [1.165, 1.54) is 12.1 Å². The number of halogens is 3. The number of aliphatic imine (C=N–C) groups is 1. The lowest BCUT2D eigenvalue weighted by atomic mass is 9.94. The second-order valence-corrected chi connectivity index (χ2v) is 7.84. The molecule has 1 fully saturated rings. The minimum absolute atomic E-state index is 0. The molecular weight excluding hydrogens is 491 g/mol. The number of nitrogens with zero attached hydrogens (tertiary/aromatic N) is 4. The topological polar surface area (TPSA) is 56.9 Å². The van der Waals surface area contributed by atoms with Crippen molar-refractivity contribution in [1.82, 2.24) is 15.2 Å². The molecule has 1 aliphatic heterocycles. The lowest BCUT2D eigenvalue weighted by molar-refractivity contribution is 0.358. The maximum atomic E-state index is 14.0. The molecule has 0 aliphatic carbocycles. The Balaban J connectivity index is 0.00000300. The normalized spacial score (nSPS) is 15.3. The predicted molar refractivity (Wildman–Crippen MR) is 121 cm³/mol. The molecule has 0 spiro atoms. The number of hydrogen-bond acceptors (Lipinski definition) is 4. The molecule has 0 saturated carbocycles. The van der Waals surface area contributed by atoms with Crippen LogP contribution in [0.5, 0.6) is 0 Å². The van der Waals surface area contributed by atoms with Gasteiger partial charge >= 0.3 is 0 Å². The van der Waals surface area contributed by atoms with Crippen LogP contribution in [0.2, 0.25) is 0 Å². The third-order valence-corrected chi connectivity index (χ3v) is 4.73. The summed E-state index contributed by atoms with van der Waals surface area (Å²) in [5.41, 5.74) is 0.215. The van der Waals surface area contributed by atoms with Crippen LogP contribution in [0.3, 0.4) is 0 Å². The first kappa shape index (κ1) is 23.4. The highest BCUT2D eigenvalue weighted by Gasteiger charge is 2.23. The van der Waals surface area contributed by atoms with Crippen LogP contribution in [0.25, 0.3) is 0 Å². The fourth-order valence-corrected chi connectivity index (χ4v) is 3.11. The molecule has 1 aliphatic rings. The van der Waals surface area contributed by atoms with Crippen molar-refractivity contribution < 1.29 is 13.2 Å².